The highest BCUT2D eigenvalue weighted by molar-refractivity contribution is 5.94. The molecule has 0 radical (unpaired) electrons. The summed E-state index contributed by atoms with van der Waals surface area (Å²) in [4.78, 5) is 29.6. The van der Waals surface area contributed by atoms with E-state index in [9.17, 15) is 9.59 Å². The van der Waals surface area contributed by atoms with Crippen molar-refractivity contribution >= 4 is 11.9 Å². The number of furan rings is 1. The molecule has 0 aliphatic heterocycles. The van der Waals surface area contributed by atoms with E-state index in [2.05, 4.69) is 11.9 Å². The average molecular weight is 340 g/mol. The van der Waals surface area contributed by atoms with Crippen LogP contribution in [0.1, 0.15) is 64.6 Å². The number of nitrogens with zero attached hydrogens (tertiary/aromatic N) is 2. The van der Waals surface area contributed by atoms with E-state index in [1.54, 1.807) is 17.0 Å². The molecule has 6 nitrogen and oxygen atoms in total. The highest BCUT2D eigenvalue weighted by Gasteiger charge is 2.38. The third-order valence-corrected chi connectivity index (χ3v) is 4.92. The van der Waals surface area contributed by atoms with E-state index in [-0.39, 0.29) is 23.3 Å². The summed E-state index contributed by atoms with van der Waals surface area (Å²) in [6, 6.07) is 8.61. The second kappa shape index (κ2) is 6.02. The molecule has 0 saturated heterocycles. The Morgan fingerprint density at radius 1 is 1.24 bits per heavy atom. The van der Waals surface area contributed by atoms with Crippen LogP contribution in [0.3, 0.4) is 0 Å². The quantitative estimate of drug-likeness (QED) is 0.872. The van der Waals surface area contributed by atoms with E-state index in [1.807, 2.05) is 12.1 Å². The fourth-order valence-corrected chi connectivity index (χ4v) is 3.14. The van der Waals surface area contributed by atoms with Crippen LogP contribution < -0.4 is 0 Å². The number of carboxylic acids is 1. The molecule has 0 aromatic carbocycles. The Hall–Kier alpha value is -2.63. The van der Waals surface area contributed by atoms with Crippen LogP contribution in [0.4, 0.5) is 0 Å². The Morgan fingerprint density at radius 3 is 2.60 bits per heavy atom. The van der Waals surface area contributed by atoms with Gasteiger partial charge in [0.15, 0.2) is 0 Å². The summed E-state index contributed by atoms with van der Waals surface area (Å²) < 4.78 is 5.93. The van der Waals surface area contributed by atoms with Gasteiger partial charge in [-0.05, 0) is 49.4 Å². The molecule has 2 fully saturated rings. The third-order valence-electron chi connectivity index (χ3n) is 4.92. The van der Waals surface area contributed by atoms with Crippen molar-refractivity contribution in [3.05, 3.63) is 53.2 Å². The molecular formula is C19H20N2O4. The van der Waals surface area contributed by atoms with E-state index in [0.717, 1.165) is 30.8 Å². The molecule has 1 amide bonds. The van der Waals surface area contributed by atoms with Gasteiger partial charge >= 0.3 is 5.97 Å². The first-order chi connectivity index (χ1) is 12.0. The Kier molecular flexibility index (Phi) is 3.82. The molecule has 25 heavy (non-hydrogen) atoms. The maximum atomic E-state index is 12.8. The highest BCUT2D eigenvalue weighted by Crippen LogP contribution is 2.47. The standard InChI is InChI=1S/C19H20N2O4/c1-11-9-14(11)17-8-7-13(25-17)10-21(12-5-6-12)18(22)15-3-2-4-16(20-15)19(23)24/h2-4,7-8,11-12,14H,5-6,9-10H2,1H3,(H,23,24). The Bertz CT molecular complexity index is 824. The monoisotopic (exact) mass is 340 g/mol. The minimum absolute atomic E-state index is 0.121. The van der Waals surface area contributed by atoms with Crippen LogP contribution in [0.2, 0.25) is 0 Å². The molecule has 2 atom stereocenters. The first-order valence-corrected chi connectivity index (χ1v) is 8.63. The smallest absolute Gasteiger partial charge is 0.354 e. The Balaban J connectivity index is 1.53. The van der Waals surface area contributed by atoms with E-state index < -0.39 is 5.97 Å². The number of carbonyl (C=O) groups excluding carboxylic acids is 1. The third kappa shape index (κ3) is 3.29. The van der Waals surface area contributed by atoms with Gasteiger partial charge in [-0.3, -0.25) is 4.79 Å². The molecule has 130 valence electrons. The summed E-state index contributed by atoms with van der Waals surface area (Å²) in [5.74, 6) is 1.56. The number of aromatic nitrogens is 1. The molecule has 2 aliphatic rings. The van der Waals surface area contributed by atoms with Crippen LogP contribution in [0.15, 0.2) is 34.7 Å². The lowest BCUT2D eigenvalue weighted by molar-refractivity contribution is 0.0688. The number of amides is 1. The average Bonchev–Trinajstić information content (AvgIpc) is 3.53. The molecule has 2 saturated carbocycles. The Morgan fingerprint density at radius 2 is 1.96 bits per heavy atom. The minimum Gasteiger partial charge on any atom is -0.477 e. The molecule has 2 aliphatic carbocycles. The van der Waals surface area contributed by atoms with Crippen molar-refractivity contribution in [3.63, 3.8) is 0 Å². The summed E-state index contributed by atoms with van der Waals surface area (Å²) in [7, 11) is 0. The van der Waals surface area contributed by atoms with Gasteiger partial charge < -0.3 is 14.4 Å². The van der Waals surface area contributed by atoms with E-state index >= 15 is 0 Å². The number of hydrogen-bond donors (Lipinski definition) is 1. The van der Waals surface area contributed by atoms with Crippen LogP contribution in [-0.4, -0.2) is 32.9 Å². The second-order valence-electron chi connectivity index (χ2n) is 7.00. The number of hydrogen-bond acceptors (Lipinski definition) is 4. The van der Waals surface area contributed by atoms with Gasteiger partial charge in [-0.25, -0.2) is 9.78 Å². The second-order valence-corrected chi connectivity index (χ2v) is 7.00. The first kappa shape index (κ1) is 15.9. The summed E-state index contributed by atoms with van der Waals surface area (Å²) in [5.41, 5.74) is 0.0407. The van der Waals surface area contributed by atoms with Gasteiger partial charge in [-0.1, -0.05) is 13.0 Å². The summed E-state index contributed by atoms with van der Waals surface area (Å²) in [5, 5.41) is 9.07. The van der Waals surface area contributed by atoms with Crippen molar-refractivity contribution in [2.24, 2.45) is 5.92 Å². The van der Waals surface area contributed by atoms with E-state index in [1.165, 1.54) is 6.07 Å². The maximum absolute atomic E-state index is 12.8. The number of aromatic carboxylic acids is 1. The maximum Gasteiger partial charge on any atom is 0.354 e. The fourth-order valence-electron chi connectivity index (χ4n) is 3.14. The molecule has 2 aromatic rings. The lowest BCUT2D eigenvalue weighted by atomic mass is 10.2. The number of pyridine rings is 1. The molecular weight excluding hydrogens is 320 g/mol. The molecule has 2 heterocycles. The topological polar surface area (TPSA) is 83.6 Å². The number of carboxylic acid groups (broad SMARTS) is 1. The van der Waals surface area contributed by atoms with Crippen LogP contribution in [0.25, 0.3) is 0 Å². The van der Waals surface area contributed by atoms with Crippen LogP contribution >= 0.6 is 0 Å². The van der Waals surface area contributed by atoms with Crippen molar-refractivity contribution in [1.29, 1.82) is 0 Å². The largest absolute Gasteiger partial charge is 0.477 e. The zero-order valence-corrected chi connectivity index (χ0v) is 14.0. The molecule has 2 unspecified atom stereocenters. The summed E-state index contributed by atoms with van der Waals surface area (Å²) >= 11 is 0. The van der Waals surface area contributed by atoms with Gasteiger partial charge in [0.2, 0.25) is 0 Å². The van der Waals surface area contributed by atoms with Gasteiger partial charge in [0.05, 0.1) is 6.54 Å². The predicted molar refractivity (Wildman–Crippen MR) is 89.3 cm³/mol. The fraction of sp³-hybridized carbons (Fsp3) is 0.421. The lowest BCUT2D eigenvalue weighted by Gasteiger charge is -2.21. The molecule has 1 N–H and O–H groups in total. The zero-order chi connectivity index (χ0) is 17.6. The van der Waals surface area contributed by atoms with Gasteiger partial charge in [-0.2, -0.15) is 0 Å². The number of rotatable bonds is 6. The van der Waals surface area contributed by atoms with Gasteiger partial charge in [-0.15, -0.1) is 0 Å². The van der Waals surface area contributed by atoms with Crippen LogP contribution in [0.5, 0.6) is 0 Å². The van der Waals surface area contributed by atoms with Gasteiger partial charge in [0, 0.05) is 12.0 Å². The molecule has 2 aromatic heterocycles. The van der Waals surface area contributed by atoms with Crippen molar-refractivity contribution in [2.45, 2.75) is 44.7 Å². The summed E-state index contributed by atoms with van der Waals surface area (Å²) in [6.07, 6.45) is 3.07. The minimum atomic E-state index is -1.14. The van der Waals surface area contributed by atoms with Gasteiger partial charge in [0.1, 0.15) is 22.9 Å². The van der Waals surface area contributed by atoms with Crippen LogP contribution in [-0.2, 0) is 6.54 Å². The van der Waals surface area contributed by atoms with Crippen molar-refractivity contribution < 1.29 is 19.1 Å². The van der Waals surface area contributed by atoms with E-state index in [0.29, 0.717) is 18.4 Å². The highest BCUT2D eigenvalue weighted by atomic mass is 16.4. The van der Waals surface area contributed by atoms with E-state index in [4.69, 9.17) is 9.52 Å². The zero-order valence-electron chi connectivity index (χ0n) is 14.0. The van der Waals surface area contributed by atoms with Crippen molar-refractivity contribution in [2.75, 3.05) is 0 Å². The predicted octanol–water partition coefficient (Wildman–Crippen LogP) is 3.30. The molecule has 0 bridgehead atoms. The van der Waals surface area contributed by atoms with Gasteiger partial charge in [0.25, 0.3) is 5.91 Å². The molecule has 6 heteroatoms. The van der Waals surface area contributed by atoms with Crippen molar-refractivity contribution in [3.8, 4) is 0 Å². The SMILES string of the molecule is CC1CC1c1ccc(CN(C(=O)c2cccc(C(=O)O)n2)C2CC2)o1. The normalized spacial score (nSPS) is 21.8. The van der Waals surface area contributed by atoms with Crippen molar-refractivity contribution in [1.82, 2.24) is 9.88 Å². The Labute approximate surface area is 145 Å². The first-order valence-electron chi connectivity index (χ1n) is 8.63. The number of carbonyl (C=O) groups is 2. The van der Waals surface area contributed by atoms with Crippen LogP contribution in [0, 0.1) is 5.92 Å². The lowest BCUT2D eigenvalue weighted by Crippen LogP contribution is -2.33. The molecule has 4 rings (SSSR count). The summed E-state index contributed by atoms with van der Waals surface area (Å²) in [6.45, 7) is 2.59. The molecule has 0 spiro atoms.